The number of carbonyl (C=O) groups is 1. The molecular weight excluding hydrogens is 286 g/mol. The summed E-state index contributed by atoms with van der Waals surface area (Å²) in [5, 5.41) is 5.79. The van der Waals surface area contributed by atoms with Crippen molar-refractivity contribution in [3.05, 3.63) is 47.5 Å². The Bertz CT molecular complexity index is 759. The van der Waals surface area contributed by atoms with Crippen LogP contribution in [0, 0.1) is 6.92 Å². The zero-order chi connectivity index (χ0) is 15.0. The highest BCUT2D eigenvalue weighted by atomic mass is 32.1. The molecule has 0 atom stereocenters. The van der Waals surface area contributed by atoms with Crippen molar-refractivity contribution >= 4 is 34.6 Å². The monoisotopic (exact) mass is 299 g/mol. The molecule has 1 heterocycles. The standard InChI is InChI=1S/C15H13N3O2S/c1-8-2-4-13-11(6-8)18-14(19)10-7-9(17-15(16)21)3-5-12(10)20-13/h2-7H,1H3,(H,18,19)(H3,16,17,21). The molecule has 0 aromatic heterocycles. The molecule has 1 amide bonds. The average molecular weight is 299 g/mol. The average Bonchev–Trinajstić information content (AvgIpc) is 2.54. The molecule has 3 rings (SSSR count). The minimum absolute atomic E-state index is 0.142. The molecule has 0 saturated heterocycles. The lowest BCUT2D eigenvalue weighted by atomic mass is 10.1. The largest absolute Gasteiger partial charge is 0.454 e. The van der Waals surface area contributed by atoms with E-state index < -0.39 is 0 Å². The number of aryl methyl sites for hydroxylation is 1. The fourth-order valence-corrected chi connectivity index (χ4v) is 2.27. The van der Waals surface area contributed by atoms with Crippen molar-refractivity contribution in [2.24, 2.45) is 5.73 Å². The summed E-state index contributed by atoms with van der Waals surface area (Å²) >= 11 is 4.79. The first kappa shape index (κ1) is 13.4. The molecule has 1 aliphatic heterocycles. The molecule has 0 radical (unpaired) electrons. The summed E-state index contributed by atoms with van der Waals surface area (Å²) in [5.74, 6) is 0.868. The molecule has 0 aliphatic carbocycles. The Kier molecular flexibility index (Phi) is 3.23. The number of benzene rings is 2. The van der Waals surface area contributed by atoms with Gasteiger partial charge in [-0.3, -0.25) is 4.79 Å². The van der Waals surface area contributed by atoms with Gasteiger partial charge in [0.05, 0.1) is 11.3 Å². The molecule has 0 fully saturated rings. The normalized spacial score (nSPS) is 12.3. The zero-order valence-corrected chi connectivity index (χ0v) is 12.1. The summed E-state index contributed by atoms with van der Waals surface area (Å²) in [5.41, 5.74) is 8.20. The van der Waals surface area contributed by atoms with Gasteiger partial charge in [0.25, 0.3) is 5.91 Å². The third-order valence-electron chi connectivity index (χ3n) is 3.09. The molecule has 0 saturated carbocycles. The van der Waals surface area contributed by atoms with Crippen LogP contribution in [0.4, 0.5) is 11.4 Å². The van der Waals surface area contributed by atoms with Crippen LogP contribution in [0.3, 0.4) is 0 Å². The van der Waals surface area contributed by atoms with Crippen molar-refractivity contribution in [1.82, 2.24) is 0 Å². The van der Waals surface area contributed by atoms with Crippen LogP contribution in [0.25, 0.3) is 0 Å². The van der Waals surface area contributed by atoms with Gasteiger partial charge in [0.1, 0.15) is 5.75 Å². The van der Waals surface area contributed by atoms with Crippen molar-refractivity contribution < 1.29 is 9.53 Å². The Morgan fingerprint density at radius 1 is 1.24 bits per heavy atom. The molecule has 106 valence electrons. The maximum Gasteiger partial charge on any atom is 0.259 e. The summed E-state index contributed by atoms with van der Waals surface area (Å²) in [4.78, 5) is 12.3. The lowest BCUT2D eigenvalue weighted by Crippen LogP contribution is -2.19. The van der Waals surface area contributed by atoms with Crippen LogP contribution in [0.2, 0.25) is 0 Å². The Morgan fingerprint density at radius 2 is 2.00 bits per heavy atom. The van der Waals surface area contributed by atoms with E-state index in [0.717, 1.165) is 5.56 Å². The van der Waals surface area contributed by atoms with E-state index in [1.54, 1.807) is 18.2 Å². The van der Waals surface area contributed by atoms with Gasteiger partial charge in [-0.1, -0.05) is 6.07 Å². The van der Waals surface area contributed by atoms with E-state index in [-0.39, 0.29) is 11.0 Å². The fraction of sp³-hybridized carbons (Fsp3) is 0.0667. The summed E-state index contributed by atoms with van der Waals surface area (Å²) in [7, 11) is 0. The van der Waals surface area contributed by atoms with Crippen LogP contribution in [-0.4, -0.2) is 11.0 Å². The predicted molar refractivity (Wildman–Crippen MR) is 86.1 cm³/mol. The minimum atomic E-state index is -0.235. The van der Waals surface area contributed by atoms with Crippen molar-refractivity contribution in [3.8, 4) is 11.5 Å². The lowest BCUT2D eigenvalue weighted by molar-refractivity contribution is 0.102. The second kappa shape index (κ2) is 5.06. The van der Waals surface area contributed by atoms with Crippen LogP contribution < -0.4 is 21.1 Å². The van der Waals surface area contributed by atoms with E-state index in [9.17, 15) is 4.79 Å². The highest BCUT2D eigenvalue weighted by Gasteiger charge is 2.21. The molecule has 5 nitrogen and oxygen atoms in total. The van der Waals surface area contributed by atoms with Gasteiger partial charge < -0.3 is 21.1 Å². The van der Waals surface area contributed by atoms with Gasteiger partial charge in [0, 0.05) is 5.69 Å². The second-order valence-corrected chi connectivity index (χ2v) is 5.20. The summed E-state index contributed by atoms with van der Waals surface area (Å²) in [6.07, 6.45) is 0. The van der Waals surface area contributed by atoms with Gasteiger partial charge in [-0.05, 0) is 55.0 Å². The third-order valence-corrected chi connectivity index (χ3v) is 3.20. The topological polar surface area (TPSA) is 76.4 Å². The Labute approximate surface area is 127 Å². The highest BCUT2D eigenvalue weighted by Crippen LogP contribution is 2.36. The number of thiocarbonyl (C=S) groups is 1. The van der Waals surface area contributed by atoms with Gasteiger partial charge in [-0.25, -0.2) is 0 Å². The van der Waals surface area contributed by atoms with Gasteiger partial charge in [0.15, 0.2) is 10.9 Å². The zero-order valence-electron chi connectivity index (χ0n) is 11.3. The third kappa shape index (κ3) is 2.66. The maximum absolute atomic E-state index is 12.3. The van der Waals surface area contributed by atoms with Gasteiger partial charge in [0.2, 0.25) is 0 Å². The first-order chi connectivity index (χ1) is 10.0. The number of carbonyl (C=O) groups excluding carboxylic acids is 1. The van der Waals surface area contributed by atoms with Crippen molar-refractivity contribution in [2.75, 3.05) is 10.6 Å². The Balaban J connectivity index is 2.04. The smallest absolute Gasteiger partial charge is 0.259 e. The van der Waals surface area contributed by atoms with Gasteiger partial charge >= 0.3 is 0 Å². The fourth-order valence-electron chi connectivity index (χ4n) is 2.16. The van der Waals surface area contributed by atoms with Crippen LogP contribution in [0.5, 0.6) is 11.5 Å². The van der Waals surface area contributed by atoms with E-state index in [2.05, 4.69) is 10.6 Å². The number of amides is 1. The van der Waals surface area contributed by atoms with E-state index >= 15 is 0 Å². The minimum Gasteiger partial charge on any atom is -0.454 e. The second-order valence-electron chi connectivity index (χ2n) is 4.76. The molecule has 6 heteroatoms. The Hall–Kier alpha value is -2.60. The van der Waals surface area contributed by atoms with Crippen LogP contribution in [0.1, 0.15) is 15.9 Å². The first-order valence-electron chi connectivity index (χ1n) is 6.33. The van der Waals surface area contributed by atoms with Gasteiger partial charge in [-0.2, -0.15) is 0 Å². The number of nitrogens with one attached hydrogen (secondary N) is 2. The number of nitrogens with two attached hydrogens (primary N) is 1. The molecule has 2 aromatic rings. The number of ether oxygens (including phenoxy) is 1. The van der Waals surface area contributed by atoms with Crippen LogP contribution >= 0.6 is 12.2 Å². The number of hydrogen-bond acceptors (Lipinski definition) is 3. The van der Waals surface area contributed by atoms with E-state index in [1.165, 1.54) is 0 Å². The van der Waals surface area contributed by atoms with Crippen molar-refractivity contribution in [3.63, 3.8) is 0 Å². The number of anilines is 2. The first-order valence-corrected chi connectivity index (χ1v) is 6.74. The molecule has 1 aliphatic rings. The van der Waals surface area contributed by atoms with Crippen LogP contribution in [0.15, 0.2) is 36.4 Å². The molecule has 0 bridgehead atoms. The highest BCUT2D eigenvalue weighted by molar-refractivity contribution is 7.80. The van der Waals surface area contributed by atoms with E-state index in [1.807, 2.05) is 25.1 Å². The predicted octanol–water partition coefficient (Wildman–Crippen LogP) is 3.01. The quantitative estimate of drug-likeness (QED) is 0.706. The number of rotatable bonds is 1. The summed E-state index contributed by atoms with van der Waals surface area (Å²) in [6, 6.07) is 10.8. The van der Waals surface area contributed by atoms with Gasteiger partial charge in [-0.15, -0.1) is 0 Å². The van der Waals surface area contributed by atoms with E-state index in [0.29, 0.717) is 28.4 Å². The number of fused-ring (bicyclic) bond motifs is 2. The summed E-state index contributed by atoms with van der Waals surface area (Å²) in [6.45, 7) is 1.95. The molecule has 2 aromatic carbocycles. The number of hydrogen-bond donors (Lipinski definition) is 3. The van der Waals surface area contributed by atoms with Crippen LogP contribution in [-0.2, 0) is 0 Å². The van der Waals surface area contributed by atoms with Crippen molar-refractivity contribution in [1.29, 1.82) is 0 Å². The molecule has 4 N–H and O–H groups in total. The lowest BCUT2D eigenvalue weighted by Gasteiger charge is -2.09. The maximum atomic E-state index is 12.3. The molecule has 0 spiro atoms. The van der Waals surface area contributed by atoms with E-state index in [4.69, 9.17) is 22.7 Å². The molecular formula is C15H13N3O2S. The SMILES string of the molecule is Cc1ccc2c(c1)NC(=O)c1cc(NC(N)=S)ccc1O2. The Morgan fingerprint density at radius 3 is 2.76 bits per heavy atom. The summed E-state index contributed by atoms with van der Waals surface area (Å²) < 4.78 is 5.81. The molecule has 21 heavy (non-hydrogen) atoms. The van der Waals surface area contributed by atoms with Crippen molar-refractivity contribution in [2.45, 2.75) is 6.92 Å². The molecule has 0 unspecified atom stereocenters.